The molecule has 0 bridgehead atoms. The highest BCUT2D eigenvalue weighted by Gasteiger charge is 2.20. The Balaban J connectivity index is 2.33. The lowest BCUT2D eigenvalue weighted by atomic mass is 10.1. The van der Waals surface area contributed by atoms with Gasteiger partial charge in [-0.15, -0.1) is 10.2 Å². The van der Waals surface area contributed by atoms with Crippen molar-refractivity contribution in [3.05, 3.63) is 57.8 Å². The van der Waals surface area contributed by atoms with Crippen LogP contribution < -0.4 is 0 Å². The van der Waals surface area contributed by atoms with Crippen LogP contribution in [0.15, 0.2) is 36.5 Å². The fourth-order valence-electron chi connectivity index (χ4n) is 2.13. The molecule has 0 saturated carbocycles. The van der Waals surface area contributed by atoms with Crippen LogP contribution in [-0.4, -0.2) is 19.5 Å². The molecule has 3 aromatic rings. The van der Waals surface area contributed by atoms with Crippen LogP contribution in [0.2, 0.25) is 0 Å². The maximum Gasteiger partial charge on any atom is 0.280 e. The molecule has 7 nitrogen and oxygen atoms in total. The van der Waals surface area contributed by atoms with Gasteiger partial charge < -0.3 is 0 Å². The van der Waals surface area contributed by atoms with Gasteiger partial charge in [0.1, 0.15) is 6.07 Å². The first-order valence-electron chi connectivity index (χ1n) is 6.10. The van der Waals surface area contributed by atoms with Crippen molar-refractivity contribution in [2.75, 3.05) is 0 Å². The standard InChI is InChI=1S/C14H9N5O2/c1-9-2-4-12(19(20)21)11(6-9)14-17-16-13-5-3-10(7-15)8-18(13)14/h2-6,8H,1H3. The van der Waals surface area contributed by atoms with Crippen molar-refractivity contribution in [1.29, 1.82) is 5.26 Å². The predicted octanol–water partition coefficient (Wildman–Crippen LogP) is 2.48. The Morgan fingerprint density at radius 2 is 2.10 bits per heavy atom. The van der Waals surface area contributed by atoms with E-state index in [1.54, 1.807) is 34.9 Å². The second-order valence-electron chi connectivity index (χ2n) is 4.56. The first-order chi connectivity index (χ1) is 10.1. The number of pyridine rings is 1. The van der Waals surface area contributed by atoms with E-state index in [4.69, 9.17) is 5.26 Å². The summed E-state index contributed by atoms with van der Waals surface area (Å²) in [5.41, 5.74) is 2.17. The zero-order valence-electron chi connectivity index (χ0n) is 11.0. The van der Waals surface area contributed by atoms with Crippen molar-refractivity contribution in [3.8, 4) is 17.5 Å². The fraction of sp³-hybridized carbons (Fsp3) is 0.0714. The molecule has 0 saturated heterocycles. The van der Waals surface area contributed by atoms with Gasteiger partial charge in [0.2, 0.25) is 0 Å². The SMILES string of the molecule is Cc1ccc([N+](=O)[O-])c(-c2nnc3ccc(C#N)cn23)c1. The van der Waals surface area contributed by atoms with Gasteiger partial charge in [0, 0.05) is 12.3 Å². The molecular formula is C14H9N5O2. The molecule has 7 heteroatoms. The van der Waals surface area contributed by atoms with E-state index in [-0.39, 0.29) is 5.69 Å². The quantitative estimate of drug-likeness (QED) is 0.530. The molecule has 0 fully saturated rings. The zero-order valence-corrected chi connectivity index (χ0v) is 11.0. The Morgan fingerprint density at radius 3 is 2.81 bits per heavy atom. The highest BCUT2D eigenvalue weighted by atomic mass is 16.6. The molecule has 0 radical (unpaired) electrons. The third kappa shape index (κ3) is 2.08. The highest BCUT2D eigenvalue weighted by molar-refractivity contribution is 5.71. The maximum atomic E-state index is 11.2. The lowest BCUT2D eigenvalue weighted by molar-refractivity contribution is -0.384. The number of nitrogens with zero attached hydrogens (tertiary/aromatic N) is 5. The van der Waals surface area contributed by atoms with Crippen LogP contribution in [0, 0.1) is 28.4 Å². The molecule has 0 amide bonds. The van der Waals surface area contributed by atoms with E-state index in [2.05, 4.69) is 10.2 Å². The van der Waals surface area contributed by atoms with Crippen LogP contribution >= 0.6 is 0 Å². The van der Waals surface area contributed by atoms with Crippen LogP contribution in [0.1, 0.15) is 11.1 Å². The molecule has 102 valence electrons. The molecule has 0 aliphatic rings. The van der Waals surface area contributed by atoms with Gasteiger partial charge in [0.25, 0.3) is 5.69 Å². The number of benzene rings is 1. The van der Waals surface area contributed by atoms with Gasteiger partial charge in [0.15, 0.2) is 11.5 Å². The Bertz CT molecular complexity index is 907. The number of hydrogen-bond acceptors (Lipinski definition) is 5. The van der Waals surface area contributed by atoms with Crippen molar-refractivity contribution in [2.24, 2.45) is 0 Å². The second kappa shape index (κ2) is 4.68. The lowest BCUT2D eigenvalue weighted by Crippen LogP contribution is -1.97. The summed E-state index contributed by atoms with van der Waals surface area (Å²) in [7, 11) is 0. The minimum absolute atomic E-state index is 0.0442. The topological polar surface area (TPSA) is 97.1 Å². The zero-order chi connectivity index (χ0) is 15.0. The minimum atomic E-state index is -0.454. The molecule has 0 aliphatic heterocycles. The Kier molecular flexibility index (Phi) is 2.84. The van der Waals surface area contributed by atoms with E-state index < -0.39 is 4.92 Å². The summed E-state index contributed by atoms with van der Waals surface area (Å²) in [6.07, 6.45) is 1.57. The van der Waals surface area contributed by atoms with Crippen LogP contribution in [-0.2, 0) is 0 Å². The number of aromatic nitrogens is 3. The average molecular weight is 279 g/mol. The number of nitro benzene ring substituents is 1. The second-order valence-corrected chi connectivity index (χ2v) is 4.56. The van der Waals surface area contributed by atoms with Crippen LogP contribution in [0.5, 0.6) is 0 Å². The largest absolute Gasteiger partial charge is 0.281 e. The average Bonchev–Trinajstić information content (AvgIpc) is 2.89. The van der Waals surface area contributed by atoms with Gasteiger partial charge in [0.05, 0.1) is 16.1 Å². The monoisotopic (exact) mass is 279 g/mol. The Labute approximate surface area is 119 Å². The normalized spacial score (nSPS) is 10.5. The molecule has 2 heterocycles. The molecule has 21 heavy (non-hydrogen) atoms. The number of rotatable bonds is 2. The molecule has 0 unspecified atom stereocenters. The first-order valence-corrected chi connectivity index (χ1v) is 6.10. The van der Waals surface area contributed by atoms with Gasteiger partial charge in [-0.1, -0.05) is 6.07 Å². The fourth-order valence-corrected chi connectivity index (χ4v) is 2.13. The number of hydrogen-bond donors (Lipinski definition) is 0. The summed E-state index contributed by atoms with van der Waals surface area (Å²) in [6.45, 7) is 1.84. The Hall–Kier alpha value is -3.27. The molecule has 0 aliphatic carbocycles. The molecule has 0 N–H and O–H groups in total. The van der Waals surface area contributed by atoms with Gasteiger partial charge in [-0.3, -0.25) is 14.5 Å². The van der Waals surface area contributed by atoms with Crippen LogP contribution in [0.25, 0.3) is 17.0 Å². The summed E-state index contributed by atoms with van der Waals surface area (Å²) < 4.78 is 1.58. The maximum absolute atomic E-state index is 11.2. The lowest BCUT2D eigenvalue weighted by Gasteiger charge is -2.03. The van der Waals surface area contributed by atoms with Crippen molar-refractivity contribution in [1.82, 2.24) is 14.6 Å². The first kappa shape index (κ1) is 12.7. The molecule has 3 rings (SSSR count). The van der Waals surface area contributed by atoms with Gasteiger partial charge in [-0.05, 0) is 30.7 Å². The summed E-state index contributed by atoms with van der Waals surface area (Å²) >= 11 is 0. The molecule has 1 aromatic carbocycles. The van der Waals surface area contributed by atoms with E-state index in [0.29, 0.717) is 22.6 Å². The van der Waals surface area contributed by atoms with Crippen molar-refractivity contribution in [2.45, 2.75) is 6.92 Å². The number of fused-ring (bicyclic) bond motifs is 1. The highest BCUT2D eigenvalue weighted by Crippen LogP contribution is 2.29. The van der Waals surface area contributed by atoms with Crippen LogP contribution in [0.3, 0.4) is 0 Å². The molecular weight excluding hydrogens is 270 g/mol. The van der Waals surface area contributed by atoms with Gasteiger partial charge >= 0.3 is 0 Å². The molecule has 0 spiro atoms. The summed E-state index contributed by atoms with van der Waals surface area (Å²) in [4.78, 5) is 10.7. The smallest absolute Gasteiger partial charge is 0.280 e. The van der Waals surface area contributed by atoms with Crippen molar-refractivity contribution >= 4 is 11.3 Å². The third-order valence-corrected chi connectivity index (χ3v) is 3.12. The summed E-state index contributed by atoms with van der Waals surface area (Å²) in [6, 6.07) is 10.1. The summed E-state index contributed by atoms with van der Waals surface area (Å²) in [5, 5.41) is 28.2. The molecule has 2 aromatic heterocycles. The van der Waals surface area contributed by atoms with E-state index in [0.717, 1.165) is 5.56 Å². The van der Waals surface area contributed by atoms with Gasteiger partial charge in [-0.25, -0.2) is 0 Å². The van der Waals surface area contributed by atoms with E-state index in [9.17, 15) is 10.1 Å². The van der Waals surface area contributed by atoms with E-state index in [1.807, 2.05) is 13.0 Å². The third-order valence-electron chi connectivity index (χ3n) is 3.12. The van der Waals surface area contributed by atoms with Gasteiger partial charge in [-0.2, -0.15) is 5.26 Å². The Morgan fingerprint density at radius 1 is 1.29 bits per heavy atom. The van der Waals surface area contributed by atoms with Crippen molar-refractivity contribution in [3.63, 3.8) is 0 Å². The minimum Gasteiger partial charge on any atom is -0.281 e. The van der Waals surface area contributed by atoms with Crippen molar-refractivity contribution < 1.29 is 4.92 Å². The van der Waals surface area contributed by atoms with E-state index in [1.165, 1.54) is 6.07 Å². The van der Waals surface area contributed by atoms with E-state index >= 15 is 0 Å². The number of aryl methyl sites for hydroxylation is 1. The summed E-state index contributed by atoms with van der Waals surface area (Å²) in [5.74, 6) is 0.345. The van der Waals surface area contributed by atoms with Crippen LogP contribution in [0.4, 0.5) is 5.69 Å². The predicted molar refractivity (Wildman–Crippen MR) is 74.5 cm³/mol. The molecule has 0 atom stereocenters. The number of nitro groups is 1. The number of nitriles is 1.